The Hall–Kier alpha value is -2.24. The van der Waals surface area contributed by atoms with Crippen LogP contribution in [0.5, 0.6) is 0 Å². The molecule has 0 spiro atoms. The molecule has 2 aliphatic heterocycles. The summed E-state index contributed by atoms with van der Waals surface area (Å²) in [6, 6.07) is 2.11. The van der Waals surface area contributed by atoms with Crippen molar-refractivity contribution in [1.29, 1.82) is 0 Å². The smallest absolute Gasteiger partial charge is 0.225 e. The lowest BCUT2D eigenvalue weighted by Gasteiger charge is -2.36. The summed E-state index contributed by atoms with van der Waals surface area (Å²) in [5, 5.41) is 0. The molecule has 6 heteroatoms. The normalized spacial score (nSPS) is 18.6. The number of carbonyl (C=O) groups excluding carboxylic acids is 1. The van der Waals surface area contributed by atoms with Gasteiger partial charge in [-0.05, 0) is 51.0 Å². The molecule has 2 aromatic rings. The molecule has 0 unspecified atom stereocenters. The number of fused-ring (bicyclic) bond motifs is 1. The summed E-state index contributed by atoms with van der Waals surface area (Å²) in [5.74, 6) is 0.558. The van der Waals surface area contributed by atoms with Gasteiger partial charge in [0.1, 0.15) is 5.52 Å². The van der Waals surface area contributed by atoms with Crippen LogP contribution in [-0.4, -0.2) is 51.9 Å². The van der Waals surface area contributed by atoms with Crippen molar-refractivity contribution in [2.45, 2.75) is 58.8 Å². The molecule has 2 aromatic heterocycles. The highest BCUT2D eigenvalue weighted by molar-refractivity contribution is 5.79. The fourth-order valence-corrected chi connectivity index (χ4v) is 4.50. The number of piperidine rings is 2. The number of carbonyl (C=O) groups is 1. The van der Waals surface area contributed by atoms with E-state index in [1.165, 1.54) is 6.42 Å². The van der Waals surface area contributed by atoms with Crippen LogP contribution in [0.4, 0.5) is 5.69 Å². The molecule has 6 nitrogen and oxygen atoms in total. The van der Waals surface area contributed by atoms with Crippen molar-refractivity contribution < 1.29 is 4.79 Å². The van der Waals surface area contributed by atoms with E-state index in [1.54, 1.807) is 0 Å². The van der Waals surface area contributed by atoms with Gasteiger partial charge < -0.3 is 9.80 Å². The summed E-state index contributed by atoms with van der Waals surface area (Å²) >= 11 is 0. The fraction of sp³-hybridized carbons (Fsp3) is 0.636. The molecule has 0 radical (unpaired) electrons. The van der Waals surface area contributed by atoms with Crippen LogP contribution in [0.25, 0.3) is 11.2 Å². The van der Waals surface area contributed by atoms with Gasteiger partial charge in [0.25, 0.3) is 0 Å². The van der Waals surface area contributed by atoms with Gasteiger partial charge >= 0.3 is 0 Å². The highest BCUT2D eigenvalue weighted by Gasteiger charge is 2.29. The number of hydrogen-bond donors (Lipinski definition) is 0. The summed E-state index contributed by atoms with van der Waals surface area (Å²) in [7, 11) is 0. The molecule has 0 atom stereocenters. The van der Waals surface area contributed by atoms with Gasteiger partial charge in [-0.1, -0.05) is 13.8 Å². The molecular formula is C22H31N5O. The second-order valence-electron chi connectivity index (χ2n) is 8.01. The molecule has 0 N–H and O–H groups in total. The Balaban J connectivity index is 1.45. The Morgan fingerprint density at radius 3 is 2.36 bits per heavy atom. The van der Waals surface area contributed by atoms with Crippen LogP contribution in [0.3, 0.4) is 0 Å². The number of rotatable bonds is 4. The Labute approximate surface area is 167 Å². The molecule has 0 aromatic carbocycles. The average Bonchev–Trinajstić information content (AvgIpc) is 2.78. The monoisotopic (exact) mass is 381 g/mol. The molecule has 0 aliphatic carbocycles. The first kappa shape index (κ1) is 19.1. The van der Waals surface area contributed by atoms with E-state index in [1.807, 2.05) is 6.20 Å². The Bertz CT molecular complexity index is 838. The van der Waals surface area contributed by atoms with Crippen LogP contribution < -0.4 is 4.90 Å². The maximum absolute atomic E-state index is 12.8. The molecule has 1 amide bonds. The van der Waals surface area contributed by atoms with E-state index < -0.39 is 0 Å². The number of nitrogens with zero attached hydrogens (tertiary/aromatic N) is 5. The summed E-state index contributed by atoms with van der Waals surface area (Å²) in [6.45, 7) is 7.93. The third-order valence-corrected chi connectivity index (χ3v) is 6.21. The third kappa shape index (κ3) is 3.82. The minimum Gasteiger partial charge on any atom is -0.370 e. The molecule has 28 heavy (non-hydrogen) atoms. The summed E-state index contributed by atoms with van der Waals surface area (Å²) in [6.07, 6.45) is 9.12. The first-order valence-corrected chi connectivity index (χ1v) is 10.9. The standard InChI is InChI=1S/C22H31N5O/c1-3-18-19(4-2)25-21-20(24-18)14-17(15-23-21)26-12-8-16(9-13-26)22(28)27-10-6-5-7-11-27/h14-16H,3-13H2,1-2H3. The number of likely N-dealkylation sites (tertiary alicyclic amines) is 1. The largest absolute Gasteiger partial charge is 0.370 e. The van der Waals surface area contributed by atoms with Crippen LogP contribution in [0.1, 0.15) is 57.3 Å². The first-order valence-electron chi connectivity index (χ1n) is 10.9. The zero-order chi connectivity index (χ0) is 19.5. The van der Waals surface area contributed by atoms with Gasteiger partial charge in [0, 0.05) is 32.1 Å². The lowest BCUT2D eigenvalue weighted by Crippen LogP contribution is -2.44. The van der Waals surface area contributed by atoms with Crippen molar-refractivity contribution in [3.8, 4) is 0 Å². The maximum atomic E-state index is 12.8. The van der Waals surface area contributed by atoms with E-state index in [2.05, 4.69) is 34.7 Å². The number of aromatic nitrogens is 3. The Morgan fingerprint density at radius 2 is 1.68 bits per heavy atom. The van der Waals surface area contributed by atoms with Crippen LogP contribution in [0, 0.1) is 5.92 Å². The third-order valence-electron chi connectivity index (χ3n) is 6.21. The van der Waals surface area contributed by atoms with E-state index in [4.69, 9.17) is 9.97 Å². The maximum Gasteiger partial charge on any atom is 0.225 e. The molecule has 2 saturated heterocycles. The van der Waals surface area contributed by atoms with Crippen molar-refractivity contribution in [2.75, 3.05) is 31.1 Å². The van der Waals surface area contributed by atoms with Gasteiger partial charge in [0.2, 0.25) is 5.91 Å². The molecule has 0 bridgehead atoms. The van der Waals surface area contributed by atoms with E-state index in [-0.39, 0.29) is 5.92 Å². The molecule has 150 valence electrons. The second-order valence-corrected chi connectivity index (χ2v) is 8.01. The summed E-state index contributed by atoms with van der Waals surface area (Å²) < 4.78 is 0. The molecular weight excluding hydrogens is 350 g/mol. The SMILES string of the molecule is CCc1nc2cc(N3CCC(C(=O)N4CCCCC4)CC3)cnc2nc1CC. The first-order chi connectivity index (χ1) is 13.7. The lowest BCUT2D eigenvalue weighted by molar-refractivity contribution is -0.137. The predicted octanol–water partition coefficient (Wildman–Crippen LogP) is 3.38. The number of anilines is 1. The van der Waals surface area contributed by atoms with E-state index in [0.717, 1.165) is 92.9 Å². The van der Waals surface area contributed by atoms with Crippen LogP contribution in [-0.2, 0) is 17.6 Å². The highest BCUT2D eigenvalue weighted by Crippen LogP contribution is 2.27. The molecule has 4 heterocycles. The zero-order valence-electron chi connectivity index (χ0n) is 17.2. The van der Waals surface area contributed by atoms with E-state index in [0.29, 0.717) is 5.91 Å². The minimum atomic E-state index is 0.182. The molecule has 4 rings (SSSR count). The molecule has 0 saturated carbocycles. The Kier molecular flexibility index (Phi) is 5.74. The van der Waals surface area contributed by atoms with Crippen molar-refractivity contribution in [1.82, 2.24) is 19.9 Å². The van der Waals surface area contributed by atoms with Gasteiger partial charge in [-0.3, -0.25) is 4.79 Å². The van der Waals surface area contributed by atoms with Crippen molar-refractivity contribution in [3.05, 3.63) is 23.7 Å². The van der Waals surface area contributed by atoms with Crippen LogP contribution >= 0.6 is 0 Å². The highest BCUT2D eigenvalue weighted by atomic mass is 16.2. The number of amides is 1. The topological polar surface area (TPSA) is 62.2 Å². The van der Waals surface area contributed by atoms with Crippen LogP contribution in [0.15, 0.2) is 12.3 Å². The number of aryl methyl sites for hydroxylation is 2. The van der Waals surface area contributed by atoms with Gasteiger partial charge in [-0.15, -0.1) is 0 Å². The average molecular weight is 382 g/mol. The van der Waals surface area contributed by atoms with Crippen molar-refractivity contribution >= 4 is 22.8 Å². The zero-order valence-corrected chi connectivity index (χ0v) is 17.2. The molecule has 2 aliphatic rings. The minimum absolute atomic E-state index is 0.182. The quantitative estimate of drug-likeness (QED) is 0.812. The van der Waals surface area contributed by atoms with Gasteiger partial charge in [0.15, 0.2) is 5.65 Å². The van der Waals surface area contributed by atoms with E-state index in [9.17, 15) is 4.79 Å². The predicted molar refractivity (Wildman–Crippen MR) is 111 cm³/mol. The summed E-state index contributed by atoms with van der Waals surface area (Å²) in [4.78, 5) is 31.3. The van der Waals surface area contributed by atoms with Crippen LogP contribution in [0.2, 0.25) is 0 Å². The van der Waals surface area contributed by atoms with Gasteiger partial charge in [-0.2, -0.15) is 0 Å². The number of pyridine rings is 1. The molecule has 2 fully saturated rings. The number of hydrogen-bond acceptors (Lipinski definition) is 5. The summed E-state index contributed by atoms with van der Waals surface area (Å²) in [5.41, 5.74) is 4.81. The Morgan fingerprint density at radius 1 is 1.00 bits per heavy atom. The van der Waals surface area contributed by atoms with E-state index >= 15 is 0 Å². The second kappa shape index (κ2) is 8.41. The lowest BCUT2D eigenvalue weighted by atomic mass is 9.94. The van der Waals surface area contributed by atoms with Gasteiger partial charge in [0.05, 0.1) is 23.3 Å². The van der Waals surface area contributed by atoms with Gasteiger partial charge in [-0.25, -0.2) is 15.0 Å². The fourth-order valence-electron chi connectivity index (χ4n) is 4.50. The van der Waals surface area contributed by atoms with Crippen molar-refractivity contribution in [2.24, 2.45) is 5.92 Å². The van der Waals surface area contributed by atoms with Crippen molar-refractivity contribution in [3.63, 3.8) is 0 Å².